The fraction of sp³-hybridized carbons (Fsp3) is 0.136. The van der Waals surface area contributed by atoms with Gasteiger partial charge in [0.2, 0.25) is 0 Å². The minimum absolute atomic E-state index is 0.00851. The van der Waals surface area contributed by atoms with E-state index in [9.17, 15) is 15.3 Å². The van der Waals surface area contributed by atoms with Gasteiger partial charge in [0.15, 0.2) is 11.5 Å². The molecule has 0 radical (unpaired) electrons. The molecule has 2 N–H and O–H groups in total. The molecule has 1 aromatic heterocycles. The SMILES string of the molecule is COc1ccc(-n2c(N)c(C#N)c(-c3ccc(OC)c(OC)c3)c(C#N)c2=O)cc1. The van der Waals surface area contributed by atoms with Gasteiger partial charge in [-0.05, 0) is 42.0 Å². The van der Waals surface area contributed by atoms with Crippen molar-refractivity contribution in [2.75, 3.05) is 27.1 Å². The lowest BCUT2D eigenvalue weighted by Crippen LogP contribution is -2.26. The van der Waals surface area contributed by atoms with Gasteiger partial charge in [-0.15, -0.1) is 0 Å². The molecule has 0 aliphatic heterocycles. The number of hydrogen-bond donors (Lipinski definition) is 1. The van der Waals surface area contributed by atoms with Crippen LogP contribution in [-0.4, -0.2) is 25.9 Å². The average molecular weight is 402 g/mol. The Kier molecular flexibility index (Phi) is 5.61. The minimum atomic E-state index is -0.635. The van der Waals surface area contributed by atoms with Crippen LogP contribution in [-0.2, 0) is 0 Å². The van der Waals surface area contributed by atoms with Crippen molar-refractivity contribution in [2.24, 2.45) is 0 Å². The van der Waals surface area contributed by atoms with Crippen LogP contribution in [0, 0.1) is 22.7 Å². The fourth-order valence-corrected chi connectivity index (χ4v) is 3.18. The molecule has 0 bridgehead atoms. The number of nitrogens with zero attached hydrogens (tertiary/aromatic N) is 3. The number of rotatable bonds is 5. The molecule has 3 aromatic rings. The van der Waals surface area contributed by atoms with Gasteiger partial charge in [-0.3, -0.25) is 9.36 Å². The van der Waals surface area contributed by atoms with Crippen molar-refractivity contribution >= 4 is 5.82 Å². The molecule has 0 aliphatic rings. The number of aromatic nitrogens is 1. The molecule has 8 heteroatoms. The van der Waals surface area contributed by atoms with Gasteiger partial charge in [0, 0.05) is 5.56 Å². The zero-order chi connectivity index (χ0) is 21.8. The first-order valence-corrected chi connectivity index (χ1v) is 8.76. The van der Waals surface area contributed by atoms with Gasteiger partial charge < -0.3 is 19.9 Å². The predicted molar refractivity (Wildman–Crippen MR) is 111 cm³/mol. The van der Waals surface area contributed by atoms with E-state index in [1.54, 1.807) is 42.5 Å². The topological polar surface area (TPSA) is 123 Å². The van der Waals surface area contributed by atoms with E-state index in [1.165, 1.54) is 21.3 Å². The van der Waals surface area contributed by atoms with Crippen molar-refractivity contribution in [3.05, 3.63) is 63.9 Å². The van der Waals surface area contributed by atoms with Gasteiger partial charge in [0.1, 0.15) is 34.8 Å². The third kappa shape index (κ3) is 3.27. The highest BCUT2D eigenvalue weighted by molar-refractivity contribution is 5.82. The molecular weight excluding hydrogens is 384 g/mol. The number of benzene rings is 2. The average Bonchev–Trinajstić information content (AvgIpc) is 2.78. The smallest absolute Gasteiger partial charge is 0.275 e. The summed E-state index contributed by atoms with van der Waals surface area (Å²) in [7, 11) is 4.48. The maximum atomic E-state index is 13.2. The number of ether oxygens (including phenoxy) is 3. The van der Waals surface area contributed by atoms with Crippen molar-refractivity contribution in [2.45, 2.75) is 0 Å². The van der Waals surface area contributed by atoms with Crippen molar-refractivity contribution in [3.8, 4) is 46.2 Å². The van der Waals surface area contributed by atoms with E-state index in [-0.39, 0.29) is 22.5 Å². The first-order chi connectivity index (χ1) is 14.5. The maximum absolute atomic E-state index is 13.2. The number of nitrogen functional groups attached to an aromatic ring is 1. The lowest BCUT2D eigenvalue weighted by molar-refractivity contribution is 0.355. The van der Waals surface area contributed by atoms with Crippen molar-refractivity contribution in [3.63, 3.8) is 0 Å². The number of hydrogen-bond acceptors (Lipinski definition) is 7. The summed E-state index contributed by atoms with van der Waals surface area (Å²) in [6.45, 7) is 0. The van der Waals surface area contributed by atoms with E-state index in [0.717, 1.165) is 4.57 Å². The van der Waals surface area contributed by atoms with Crippen molar-refractivity contribution in [1.82, 2.24) is 4.57 Å². The van der Waals surface area contributed by atoms with Gasteiger partial charge in [0.05, 0.1) is 27.0 Å². The van der Waals surface area contributed by atoms with Crippen LogP contribution < -0.4 is 25.5 Å². The summed E-state index contributed by atoms with van der Waals surface area (Å²) >= 11 is 0. The molecule has 30 heavy (non-hydrogen) atoms. The number of anilines is 1. The second-order valence-electron chi connectivity index (χ2n) is 6.14. The van der Waals surface area contributed by atoms with Crippen LogP contribution in [0.3, 0.4) is 0 Å². The first kappa shape index (κ1) is 20.3. The first-order valence-electron chi connectivity index (χ1n) is 8.76. The molecule has 0 saturated heterocycles. The van der Waals surface area contributed by atoms with Gasteiger partial charge in [-0.25, -0.2) is 0 Å². The maximum Gasteiger partial charge on any atom is 0.275 e. The zero-order valence-electron chi connectivity index (χ0n) is 16.6. The molecule has 1 heterocycles. The van der Waals surface area contributed by atoms with E-state index in [0.29, 0.717) is 28.5 Å². The van der Waals surface area contributed by atoms with Gasteiger partial charge in [0.25, 0.3) is 5.56 Å². The molecule has 0 saturated carbocycles. The van der Waals surface area contributed by atoms with Gasteiger partial charge >= 0.3 is 0 Å². The standard InChI is InChI=1S/C22H18N4O4/c1-28-15-7-5-14(6-8-15)26-21(25)16(11-23)20(17(12-24)22(26)27)13-4-9-18(29-2)19(10-13)30-3/h4-10H,25H2,1-3H3. The van der Waals surface area contributed by atoms with Crippen LogP contribution >= 0.6 is 0 Å². The molecule has 0 fully saturated rings. The molecule has 0 amide bonds. The van der Waals surface area contributed by atoms with Gasteiger partial charge in [-0.1, -0.05) is 6.07 Å². The van der Waals surface area contributed by atoms with E-state index < -0.39 is 5.56 Å². The molecule has 0 unspecified atom stereocenters. The molecule has 0 atom stereocenters. The minimum Gasteiger partial charge on any atom is -0.497 e. The Morgan fingerprint density at radius 2 is 1.50 bits per heavy atom. The Labute approximate surface area is 172 Å². The van der Waals surface area contributed by atoms with E-state index in [1.807, 2.05) is 12.1 Å². The molecule has 150 valence electrons. The highest BCUT2D eigenvalue weighted by Gasteiger charge is 2.23. The van der Waals surface area contributed by atoms with Crippen LogP contribution in [0.2, 0.25) is 0 Å². The van der Waals surface area contributed by atoms with E-state index in [2.05, 4.69) is 0 Å². The van der Waals surface area contributed by atoms with E-state index >= 15 is 0 Å². The number of pyridine rings is 1. The number of nitrogens with two attached hydrogens (primary N) is 1. The van der Waals surface area contributed by atoms with Gasteiger partial charge in [-0.2, -0.15) is 10.5 Å². The number of nitriles is 2. The molecule has 3 rings (SSSR count). The van der Waals surface area contributed by atoms with Crippen molar-refractivity contribution in [1.29, 1.82) is 10.5 Å². The summed E-state index contributed by atoms with van der Waals surface area (Å²) in [5.74, 6) is 1.38. The Hall–Kier alpha value is -4.43. The summed E-state index contributed by atoms with van der Waals surface area (Å²) in [4.78, 5) is 13.2. The zero-order valence-corrected chi connectivity index (χ0v) is 16.6. The van der Waals surface area contributed by atoms with Crippen LogP contribution in [0.1, 0.15) is 11.1 Å². The summed E-state index contributed by atoms with van der Waals surface area (Å²) in [6, 6.07) is 15.4. The number of methoxy groups -OCH3 is 3. The summed E-state index contributed by atoms with van der Waals surface area (Å²) in [6.07, 6.45) is 0. The van der Waals surface area contributed by atoms with Crippen LogP contribution in [0.5, 0.6) is 17.2 Å². The largest absolute Gasteiger partial charge is 0.497 e. The van der Waals surface area contributed by atoms with Crippen LogP contribution in [0.4, 0.5) is 5.82 Å². The molecule has 8 nitrogen and oxygen atoms in total. The lowest BCUT2D eigenvalue weighted by Gasteiger charge is -2.17. The molecule has 0 aliphatic carbocycles. The van der Waals surface area contributed by atoms with Crippen LogP contribution in [0.25, 0.3) is 16.8 Å². The predicted octanol–water partition coefficient (Wildman–Crippen LogP) is 2.86. The molecular formula is C22H18N4O4. The van der Waals surface area contributed by atoms with E-state index in [4.69, 9.17) is 19.9 Å². The third-order valence-electron chi connectivity index (χ3n) is 4.64. The monoisotopic (exact) mass is 402 g/mol. The highest BCUT2D eigenvalue weighted by atomic mass is 16.5. The Morgan fingerprint density at radius 3 is 2.03 bits per heavy atom. The second kappa shape index (κ2) is 8.29. The van der Waals surface area contributed by atoms with Crippen LogP contribution in [0.15, 0.2) is 47.3 Å². The Morgan fingerprint density at radius 1 is 0.867 bits per heavy atom. The lowest BCUT2D eigenvalue weighted by atomic mass is 9.95. The van der Waals surface area contributed by atoms with Crippen molar-refractivity contribution < 1.29 is 14.2 Å². The Bertz CT molecular complexity index is 1250. The fourth-order valence-electron chi connectivity index (χ4n) is 3.18. The summed E-state index contributed by atoms with van der Waals surface area (Å²) in [5.41, 5.74) is 6.39. The highest BCUT2D eigenvalue weighted by Crippen LogP contribution is 2.36. The molecule has 0 spiro atoms. The second-order valence-corrected chi connectivity index (χ2v) is 6.14. The molecule has 2 aromatic carbocycles. The summed E-state index contributed by atoms with van der Waals surface area (Å²) in [5, 5.41) is 19.6. The quantitative estimate of drug-likeness (QED) is 0.696. The third-order valence-corrected chi connectivity index (χ3v) is 4.64. The summed E-state index contributed by atoms with van der Waals surface area (Å²) < 4.78 is 16.8. The normalized spacial score (nSPS) is 10.0. The Balaban J connectivity index is 2.35.